The number of fused-ring (bicyclic) bond motifs is 3. The van der Waals surface area contributed by atoms with Gasteiger partial charge in [0, 0.05) is 61.1 Å². The summed E-state index contributed by atoms with van der Waals surface area (Å²) >= 11 is 0. The Hall–Kier alpha value is -1.26. The highest BCUT2D eigenvalue weighted by atomic mass is 35.5. The molecular formula is C19H25Cl2N3. The molecule has 0 bridgehead atoms. The van der Waals surface area contributed by atoms with Gasteiger partial charge >= 0.3 is 0 Å². The zero-order valence-electron chi connectivity index (χ0n) is 14.0. The van der Waals surface area contributed by atoms with Crippen LogP contribution in [0.4, 0.5) is 0 Å². The molecule has 0 radical (unpaired) electrons. The van der Waals surface area contributed by atoms with Gasteiger partial charge in [-0.1, -0.05) is 24.3 Å². The molecule has 4 rings (SSSR count). The van der Waals surface area contributed by atoms with Crippen LogP contribution in [0.25, 0.3) is 21.8 Å². The van der Waals surface area contributed by atoms with Crippen LogP contribution in [-0.4, -0.2) is 35.6 Å². The number of piperazine rings is 1. The van der Waals surface area contributed by atoms with Gasteiger partial charge in [0.15, 0.2) is 0 Å². The number of para-hydroxylation sites is 1. The summed E-state index contributed by atoms with van der Waals surface area (Å²) in [6.07, 6.45) is 0. The molecule has 0 spiro atoms. The number of rotatable bonds is 3. The summed E-state index contributed by atoms with van der Waals surface area (Å²) < 4.78 is 2.42. The largest absolute Gasteiger partial charge is 0.341 e. The van der Waals surface area contributed by atoms with E-state index in [2.05, 4.69) is 64.2 Å². The van der Waals surface area contributed by atoms with Crippen molar-refractivity contribution >= 4 is 46.6 Å². The number of halogens is 2. The van der Waals surface area contributed by atoms with E-state index in [1.807, 2.05) is 0 Å². The summed E-state index contributed by atoms with van der Waals surface area (Å²) in [4.78, 5) is 2.54. The van der Waals surface area contributed by atoms with E-state index in [1.165, 1.54) is 27.4 Å². The van der Waals surface area contributed by atoms with Gasteiger partial charge in [-0.05, 0) is 30.7 Å². The quantitative estimate of drug-likeness (QED) is 0.754. The Labute approximate surface area is 155 Å². The molecule has 1 saturated heterocycles. The van der Waals surface area contributed by atoms with Crippen molar-refractivity contribution in [1.82, 2.24) is 14.8 Å². The van der Waals surface area contributed by atoms with E-state index in [9.17, 15) is 0 Å². The van der Waals surface area contributed by atoms with Crippen LogP contribution in [0.2, 0.25) is 0 Å². The maximum absolute atomic E-state index is 3.42. The van der Waals surface area contributed by atoms with Crippen LogP contribution in [0.3, 0.4) is 0 Å². The van der Waals surface area contributed by atoms with Gasteiger partial charge in [0.25, 0.3) is 0 Å². The van der Waals surface area contributed by atoms with E-state index < -0.39 is 0 Å². The number of hydrogen-bond acceptors (Lipinski definition) is 2. The first kappa shape index (κ1) is 19.1. The molecule has 1 aliphatic heterocycles. The minimum absolute atomic E-state index is 0. The highest BCUT2D eigenvalue weighted by Gasteiger charge is 2.13. The maximum atomic E-state index is 3.42. The maximum Gasteiger partial charge on any atom is 0.0491 e. The lowest BCUT2D eigenvalue weighted by Gasteiger charge is -2.27. The molecule has 2 heterocycles. The van der Waals surface area contributed by atoms with Crippen LogP contribution in [0.15, 0.2) is 42.5 Å². The van der Waals surface area contributed by atoms with Crippen LogP contribution in [-0.2, 0) is 13.1 Å². The van der Waals surface area contributed by atoms with Gasteiger partial charge in [-0.2, -0.15) is 0 Å². The zero-order chi connectivity index (χ0) is 14.9. The van der Waals surface area contributed by atoms with Crippen molar-refractivity contribution in [2.75, 3.05) is 26.2 Å². The summed E-state index contributed by atoms with van der Waals surface area (Å²) in [7, 11) is 0. The molecule has 1 aromatic heterocycles. The van der Waals surface area contributed by atoms with E-state index in [0.717, 1.165) is 39.3 Å². The van der Waals surface area contributed by atoms with Crippen molar-refractivity contribution in [2.24, 2.45) is 0 Å². The highest BCUT2D eigenvalue weighted by Crippen LogP contribution is 2.29. The standard InChI is InChI=1S/C19H23N3.2ClH/c1-2-22-18-6-4-3-5-16(18)17-13-15(7-8-19(17)22)14-21-11-9-20-10-12-21;;/h3-8,13,20H,2,9-12,14H2,1H3;2*1H. The molecule has 1 fully saturated rings. The Bertz CT molecular complexity index is 807. The molecule has 1 aliphatic rings. The third-order valence-corrected chi connectivity index (χ3v) is 4.77. The molecule has 3 nitrogen and oxygen atoms in total. The number of hydrogen-bond donors (Lipinski definition) is 1. The Kier molecular flexibility index (Phi) is 6.53. The van der Waals surface area contributed by atoms with Gasteiger partial charge < -0.3 is 9.88 Å². The van der Waals surface area contributed by atoms with Crippen LogP contribution < -0.4 is 5.32 Å². The molecule has 0 unspecified atom stereocenters. The third kappa shape index (κ3) is 3.40. The summed E-state index contributed by atoms with van der Waals surface area (Å²) in [6, 6.07) is 15.8. The smallest absolute Gasteiger partial charge is 0.0491 e. The third-order valence-electron chi connectivity index (χ3n) is 4.77. The Morgan fingerprint density at radius 2 is 1.62 bits per heavy atom. The van der Waals surface area contributed by atoms with Gasteiger partial charge in [-0.25, -0.2) is 0 Å². The van der Waals surface area contributed by atoms with Gasteiger partial charge in [0.1, 0.15) is 0 Å². The molecule has 0 aliphatic carbocycles. The number of nitrogens with one attached hydrogen (secondary N) is 1. The Morgan fingerprint density at radius 1 is 0.917 bits per heavy atom. The summed E-state index contributed by atoms with van der Waals surface area (Å²) in [5.74, 6) is 0. The van der Waals surface area contributed by atoms with E-state index in [1.54, 1.807) is 0 Å². The monoisotopic (exact) mass is 365 g/mol. The van der Waals surface area contributed by atoms with E-state index >= 15 is 0 Å². The predicted octanol–water partition coefficient (Wildman–Crippen LogP) is 4.06. The first-order chi connectivity index (χ1) is 10.9. The van der Waals surface area contributed by atoms with Gasteiger partial charge in [0.05, 0.1) is 0 Å². The van der Waals surface area contributed by atoms with E-state index in [4.69, 9.17) is 0 Å². The molecule has 1 N–H and O–H groups in total. The number of nitrogens with zero attached hydrogens (tertiary/aromatic N) is 2. The summed E-state index contributed by atoms with van der Waals surface area (Å²) in [6.45, 7) is 8.81. The molecule has 2 aromatic carbocycles. The fourth-order valence-corrected chi connectivity index (χ4v) is 3.67. The van der Waals surface area contributed by atoms with Crippen LogP contribution in [0.5, 0.6) is 0 Å². The topological polar surface area (TPSA) is 20.2 Å². The van der Waals surface area contributed by atoms with E-state index in [0.29, 0.717) is 0 Å². The van der Waals surface area contributed by atoms with Crippen molar-refractivity contribution in [2.45, 2.75) is 20.0 Å². The van der Waals surface area contributed by atoms with Crippen LogP contribution in [0, 0.1) is 0 Å². The first-order valence-corrected chi connectivity index (χ1v) is 8.30. The SMILES string of the molecule is CCn1c2ccccc2c2cc(CN3CCNCC3)ccc21.Cl.Cl. The van der Waals surface area contributed by atoms with Crippen molar-refractivity contribution < 1.29 is 0 Å². The normalized spacial score (nSPS) is 15.2. The second-order valence-corrected chi connectivity index (χ2v) is 6.14. The molecule has 5 heteroatoms. The van der Waals surface area contributed by atoms with Gasteiger partial charge in [-0.3, -0.25) is 4.90 Å². The van der Waals surface area contributed by atoms with Gasteiger partial charge in [-0.15, -0.1) is 24.8 Å². The molecular weight excluding hydrogens is 341 g/mol. The van der Waals surface area contributed by atoms with Crippen molar-refractivity contribution in [3.8, 4) is 0 Å². The Morgan fingerprint density at radius 3 is 2.38 bits per heavy atom. The first-order valence-electron chi connectivity index (χ1n) is 8.30. The lowest BCUT2D eigenvalue weighted by Crippen LogP contribution is -2.42. The second kappa shape index (κ2) is 8.21. The molecule has 0 atom stereocenters. The minimum Gasteiger partial charge on any atom is -0.341 e. The molecule has 0 saturated carbocycles. The average Bonchev–Trinajstić information content (AvgIpc) is 2.89. The fourth-order valence-electron chi connectivity index (χ4n) is 3.67. The summed E-state index contributed by atoms with van der Waals surface area (Å²) in [5, 5.41) is 6.19. The van der Waals surface area contributed by atoms with Crippen LogP contribution >= 0.6 is 24.8 Å². The fraction of sp³-hybridized carbons (Fsp3) is 0.368. The molecule has 3 aromatic rings. The highest BCUT2D eigenvalue weighted by molar-refractivity contribution is 6.08. The van der Waals surface area contributed by atoms with E-state index in [-0.39, 0.29) is 24.8 Å². The lowest BCUT2D eigenvalue weighted by atomic mass is 10.1. The van der Waals surface area contributed by atoms with Crippen molar-refractivity contribution in [3.63, 3.8) is 0 Å². The van der Waals surface area contributed by atoms with Crippen LogP contribution in [0.1, 0.15) is 12.5 Å². The minimum atomic E-state index is 0. The zero-order valence-corrected chi connectivity index (χ0v) is 15.6. The number of benzene rings is 2. The molecule has 0 amide bonds. The summed E-state index contributed by atoms with van der Waals surface area (Å²) in [5.41, 5.74) is 4.13. The van der Waals surface area contributed by atoms with Crippen molar-refractivity contribution in [1.29, 1.82) is 0 Å². The second-order valence-electron chi connectivity index (χ2n) is 6.14. The average molecular weight is 366 g/mol. The predicted molar refractivity (Wildman–Crippen MR) is 108 cm³/mol. The van der Waals surface area contributed by atoms with Gasteiger partial charge in [0.2, 0.25) is 0 Å². The Balaban J connectivity index is 0.00000104. The molecule has 24 heavy (non-hydrogen) atoms. The molecule has 130 valence electrons. The lowest BCUT2D eigenvalue weighted by molar-refractivity contribution is 0.233. The number of aryl methyl sites for hydroxylation is 1. The number of aromatic nitrogens is 1. The van der Waals surface area contributed by atoms with Crippen molar-refractivity contribution in [3.05, 3.63) is 48.0 Å².